The predicted octanol–water partition coefficient (Wildman–Crippen LogP) is 0.0744. The van der Waals surface area contributed by atoms with Gasteiger partial charge in [0, 0.05) is 0 Å². The lowest BCUT2D eigenvalue weighted by atomic mass is 10.3. The van der Waals surface area contributed by atoms with Gasteiger partial charge in [-0.15, -0.1) is 11.6 Å². The van der Waals surface area contributed by atoms with Crippen LogP contribution in [0.4, 0.5) is 0 Å². The second-order valence-electron chi connectivity index (χ2n) is 3.52. The standard InChI is InChI=1S/C7H12ClNO3S/c8-6-3-12-4-7(6)9-13(10,11)5-1-2-5/h5-7,9H,1-4H2. The van der Waals surface area contributed by atoms with Crippen molar-refractivity contribution in [3.8, 4) is 0 Å². The number of hydrogen-bond donors (Lipinski definition) is 1. The van der Waals surface area contributed by atoms with Crippen LogP contribution in [0.15, 0.2) is 0 Å². The molecule has 0 amide bonds. The molecular weight excluding hydrogens is 214 g/mol. The second-order valence-corrected chi connectivity index (χ2v) is 6.08. The van der Waals surface area contributed by atoms with Gasteiger partial charge >= 0.3 is 0 Å². The van der Waals surface area contributed by atoms with Gasteiger partial charge in [-0.1, -0.05) is 0 Å². The quantitative estimate of drug-likeness (QED) is 0.692. The smallest absolute Gasteiger partial charge is 0.214 e. The molecule has 0 bridgehead atoms. The van der Waals surface area contributed by atoms with Gasteiger partial charge in [0.2, 0.25) is 10.0 Å². The van der Waals surface area contributed by atoms with Crippen molar-refractivity contribution in [3.05, 3.63) is 0 Å². The van der Waals surface area contributed by atoms with Crippen LogP contribution in [0.2, 0.25) is 0 Å². The highest BCUT2D eigenvalue weighted by Crippen LogP contribution is 2.28. The lowest BCUT2D eigenvalue weighted by Crippen LogP contribution is -2.42. The molecule has 1 aliphatic heterocycles. The fourth-order valence-corrected chi connectivity index (χ4v) is 3.22. The predicted molar refractivity (Wildman–Crippen MR) is 49.3 cm³/mol. The molecule has 1 heterocycles. The molecule has 6 heteroatoms. The van der Waals surface area contributed by atoms with Gasteiger partial charge in [0.05, 0.1) is 29.9 Å². The van der Waals surface area contributed by atoms with Crippen LogP contribution in [0.5, 0.6) is 0 Å². The zero-order valence-electron chi connectivity index (χ0n) is 7.07. The summed E-state index contributed by atoms with van der Waals surface area (Å²) in [7, 11) is -3.12. The van der Waals surface area contributed by atoms with Gasteiger partial charge in [-0.2, -0.15) is 0 Å². The Hall–Kier alpha value is 0.160. The summed E-state index contributed by atoms with van der Waals surface area (Å²) in [6.45, 7) is 0.819. The van der Waals surface area contributed by atoms with Gasteiger partial charge in [0.25, 0.3) is 0 Å². The maximum atomic E-state index is 11.5. The van der Waals surface area contributed by atoms with Crippen LogP contribution in [0.25, 0.3) is 0 Å². The number of ether oxygens (including phenoxy) is 1. The van der Waals surface area contributed by atoms with Crippen molar-refractivity contribution in [3.63, 3.8) is 0 Å². The topological polar surface area (TPSA) is 55.4 Å². The van der Waals surface area contributed by atoms with Gasteiger partial charge in [-0.05, 0) is 12.8 Å². The Labute approximate surface area is 82.6 Å². The summed E-state index contributed by atoms with van der Waals surface area (Å²) in [5, 5.41) is -0.412. The Morgan fingerprint density at radius 2 is 2.00 bits per heavy atom. The maximum Gasteiger partial charge on any atom is 0.214 e. The summed E-state index contributed by atoms with van der Waals surface area (Å²) in [4.78, 5) is 0. The molecule has 4 nitrogen and oxygen atoms in total. The van der Waals surface area contributed by atoms with Crippen LogP contribution in [-0.2, 0) is 14.8 Å². The van der Waals surface area contributed by atoms with E-state index in [1.54, 1.807) is 0 Å². The van der Waals surface area contributed by atoms with Gasteiger partial charge in [-0.25, -0.2) is 13.1 Å². The van der Waals surface area contributed by atoms with Crippen molar-refractivity contribution >= 4 is 21.6 Å². The second kappa shape index (κ2) is 3.38. The van der Waals surface area contributed by atoms with E-state index in [4.69, 9.17) is 16.3 Å². The number of sulfonamides is 1. The minimum absolute atomic E-state index is 0.183. The molecule has 13 heavy (non-hydrogen) atoms. The molecule has 1 saturated carbocycles. The van der Waals surface area contributed by atoms with Crippen molar-refractivity contribution in [2.24, 2.45) is 0 Å². The molecule has 2 rings (SSSR count). The molecule has 0 radical (unpaired) electrons. The highest BCUT2D eigenvalue weighted by Gasteiger charge is 2.39. The summed E-state index contributed by atoms with van der Waals surface area (Å²) < 4.78 is 30.6. The van der Waals surface area contributed by atoms with Crippen LogP contribution in [0, 0.1) is 0 Å². The Morgan fingerprint density at radius 1 is 1.31 bits per heavy atom. The van der Waals surface area contributed by atoms with Crippen molar-refractivity contribution < 1.29 is 13.2 Å². The lowest BCUT2D eigenvalue weighted by Gasteiger charge is -2.13. The third-order valence-electron chi connectivity index (χ3n) is 2.29. The van der Waals surface area contributed by atoms with Crippen molar-refractivity contribution in [1.82, 2.24) is 4.72 Å². The molecule has 1 saturated heterocycles. The number of alkyl halides is 1. The van der Waals surface area contributed by atoms with Crippen LogP contribution >= 0.6 is 11.6 Å². The Kier molecular flexibility index (Phi) is 2.53. The first-order chi connectivity index (χ1) is 6.09. The Bertz CT molecular complexity index is 288. The van der Waals surface area contributed by atoms with E-state index in [0.29, 0.717) is 13.2 Å². The van der Waals surface area contributed by atoms with E-state index in [1.165, 1.54) is 0 Å². The van der Waals surface area contributed by atoms with Crippen LogP contribution in [0.1, 0.15) is 12.8 Å². The van der Waals surface area contributed by atoms with E-state index in [0.717, 1.165) is 12.8 Å². The number of hydrogen-bond acceptors (Lipinski definition) is 3. The van der Waals surface area contributed by atoms with Gasteiger partial charge in [0.15, 0.2) is 0 Å². The Morgan fingerprint density at radius 3 is 2.46 bits per heavy atom. The average molecular weight is 226 g/mol. The number of rotatable bonds is 3. The van der Waals surface area contributed by atoms with E-state index < -0.39 is 10.0 Å². The monoisotopic (exact) mass is 225 g/mol. The molecule has 0 spiro atoms. The molecule has 2 atom stereocenters. The van der Waals surface area contributed by atoms with Gasteiger partial charge < -0.3 is 4.74 Å². The molecule has 76 valence electrons. The van der Waals surface area contributed by atoms with Crippen LogP contribution < -0.4 is 4.72 Å². The van der Waals surface area contributed by atoms with E-state index in [2.05, 4.69) is 4.72 Å². The van der Waals surface area contributed by atoms with E-state index >= 15 is 0 Å². The third-order valence-corrected chi connectivity index (χ3v) is 4.70. The maximum absolute atomic E-state index is 11.5. The summed E-state index contributed by atoms with van der Waals surface area (Å²) in [6, 6.07) is -0.243. The molecule has 2 aliphatic rings. The number of nitrogens with one attached hydrogen (secondary N) is 1. The van der Waals surface area contributed by atoms with E-state index in [9.17, 15) is 8.42 Å². The average Bonchev–Trinajstić information content (AvgIpc) is 2.80. The molecule has 2 fully saturated rings. The summed E-state index contributed by atoms with van der Waals surface area (Å²) in [6.07, 6.45) is 1.55. The fourth-order valence-electron chi connectivity index (χ4n) is 1.32. The minimum atomic E-state index is -3.12. The van der Waals surface area contributed by atoms with Crippen molar-refractivity contribution in [2.75, 3.05) is 13.2 Å². The van der Waals surface area contributed by atoms with Gasteiger partial charge in [0.1, 0.15) is 0 Å². The van der Waals surface area contributed by atoms with Crippen molar-refractivity contribution in [1.29, 1.82) is 0 Å². The largest absolute Gasteiger partial charge is 0.378 e. The first kappa shape index (κ1) is 9.71. The Balaban J connectivity index is 1.96. The molecule has 2 unspecified atom stereocenters. The SMILES string of the molecule is O=S(=O)(NC1COCC1Cl)C1CC1. The summed E-state index contributed by atoms with van der Waals surface area (Å²) in [5.41, 5.74) is 0. The summed E-state index contributed by atoms with van der Waals surface area (Å²) >= 11 is 5.86. The number of halogens is 1. The van der Waals surface area contributed by atoms with E-state index in [-0.39, 0.29) is 16.7 Å². The molecule has 0 aromatic rings. The first-order valence-electron chi connectivity index (χ1n) is 4.32. The molecule has 1 aliphatic carbocycles. The van der Waals surface area contributed by atoms with E-state index in [1.807, 2.05) is 0 Å². The fraction of sp³-hybridized carbons (Fsp3) is 1.00. The molecule has 0 aromatic heterocycles. The molecular formula is C7H12ClNO3S. The third kappa shape index (κ3) is 2.15. The van der Waals surface area contributed by atoms with Crippen LogP contribution in [-0.4, -0.2) is 38.3 Å². The highest BCUT2D eigenvalue weighted by molar-refractivity contribution is 7.90. The zero-order valence-corrected chi connectivity index (χ0v) is 8.64. The zero-order chi connectivity index (χ0) is 9.47. The highest BCUT2D eigenvalue weighted by atomic mass is 35.5. The molecule has 1 N–H and O–H groups in total. The first-order valence-corrected chi connectivity index (χ1v) is 6.31. The van der Waals surface area contributed by atoms with Crippen molar-refractivity contribution in [2.45, 2.75) is 29.5 Å². The normalized spacial score (nSPS) is 35.2. The lowest BCUT2D eigenvalue weighted by molar-refractivity contribution is 0.193. The van der Waals surface area contributed by atoms with Crippen LogP contribution in [0.3, 0.4) is 0 Å². The minimum Gasteiger partial charge on any atom is -0.378 e. The van der Waals surface area contributed by atoms with Gasteiger partial charge in [-0.3, -0.25) is 0 Å². The molecule has 0 aromatic carbocycles. The summed E-state index contributed by atoms with van der Waals surface area (Å²) in [5.74, 6) is 0.